The van der Waals surface area contributed by atoms with E-state index in [1.165, 1.54) is 6.08 Å². The zero-order valence-corrected chi connectivity index (χ0v) is 8.82. The molecule has 1 rings (SSSR count). The topological polar surface area (TPSA) is 38.3 Å². The molecule has 0 saturated carbocycles. The van der Waals surface area contributed by atoms with Crippen LogP contribution in [0.3, 0.4) is 0 Å². The number of rotatable bonds is 6. The predicted octanol–water partition coefficient (Wildman–Crippen LogP) is 1.54. The Hall–Kier alpha value is -1.61. The Morgan fingerprint density at radius 2 is 2.13 bits per heavy atom. The Kier molecular flexibility index (Phi) is 4.57. The van der Waals surface area contributed by atoms with Crippen LogP contribution in [0.1, 0.15) is 5.56 Å². The number of ketones is 1. The van der Waals surface area contributed by atoms with Crippen molar-refractivity contribution in [3.8, 4) is 5.75 Å². The van der Waals surface area contributed by atoms with E-state index in [2.05, 4.69) is 11.9 Å². The second-order valence-electron chi connectivity index (χ2n) is 3.12. The summed E-state index contributed by atoms with van der Waals surface area (Å²) >= 11 is 0. The first kappa shape index (κ1) is 11.5. The molecule has 3 nitrogen and oxygen atoms in total. The summed E-state index contributed by atoms with van der Waals surface area (Å²) in [7, 11) is 1.63. The van der Waals surface area contributed by atoms with Crippen molar-refractivity contribution in [1.82, 2.24) is 5.32 Å². The van der Waals surface area contributed by atoms with E-state index in [9.17, 15) is 4.79 Å². The van der Waals surface area contributed by atoms with Crippen molar-refractivity contribution in [3.05, 3.63) is 42.5 Å². The third kappa shape index (κ3) is 3.95. The van der Waals surface area contributed by atoms with Crippen LogP contribution in [-0.4, -0.2) is 19.4 Å². The minimum Gasteiger partial charge on any atom is -0.497 e. The monoisotopic (exact) mass is 205 g/mol. The molecule has 0 aliphatic carbocycles. The Morgan fingerprint density at radius 1 is 1.47 bits per heavy atom. The summed E-state index contributed by atoms with van der Waals surface area (Å²) in [5.41, 5.74) is 1.12. The Morgan fingerprint density at radius 3 is 2.67 bits per heavy atom. The number of carbonyl (C=O) groups excluding carboxylic acids is 1. The van der Waals surface area contributed by atoms with E-state index >= 15 is 0 Å². The van der Waals surface area contributed by atoms with Crippen LogP contribution < -0.4 is 10.1 Å². The van der Waals surface area contributed by atoms with Gasteiger partial charge in [-0.15, -0.1) is 0 Å². The predicted molar refractivity (Wildman–Crippen MR) is 59.9 cm³/mol. The number of hydrogen-bond acceptors (Lipinski definition) is 3. The molecule has 0 saturated heterocycles. The van der Waals surface area contributed by atoms with Crippen molar-refractivity contribution in [1.29, 1.82) is 0 Å². The average Bonchev–Trinajstić information content (AvgIpc) is 2.29. The van der Waals surface area contributed by atoms with Gasteiger partial charge >= 0.3 is 0 Å². The molecule has 0 amide bonds. The summed E-state index contributed by atoms with van der Waals surface area (Å²) in [5.74, 6) is 0.837. The zero-order valence-electron chi connectivity index (χ0n) is 8.82. The minimum absolute atomic E-state index is 0.00325. The third-order valence-electron chi connectivity index (χ3n) is 2.02. The number of methoxy groups -OCH3 is 1. The molecule has 0 aliphatic heterocycles. The second-order valence-corrected chi connectivity index (χ2v) is 3.12. The summed E-state index contributed by atoms with van der Waals surface area (Å²) in [6.45, 7) is 4.40. The number of nitrogens with one attached hydrogen (secondary N) is 1. The van der Waals surface area contributed by atoms with Crippen LogP contribution in [-0.2, 0) is 11.3 Å². The zero-order chi connectivity index (χ0) is 11.1. The number of benzene rings is 1. The van der Waals surface area contributed by atoms with Crippen LogP contribution in [0.2, 0.25) is 0 Å². The molecule has 1 N–H and O–H groups in total. The van der Waals surface area contributed by atoms with Crippen LogP contribution in [0.15, 0.2) is 36.9 Å². The summed E-state index contributed by atoms with van der Waals surface area (Å²) in [4.78, 5) is 10.9. The van der Waals surface area contributed by atoms with E-state index in [0.717, 1.165) is 11.3 Å². The van der Waals surface area contributed by atoms with Crippen molar-refractivity contribution in [2.24, 2.45) is 0 Å². The van der Waals surface area contributed by atoms with Gasteiger partial charge < -0.3 is 10.1 Å². The number of carbonyl (C=O) groups is 1. The highest BCUT2D eigenvalue weighted by Gasteiger charge is 1.96. The van der Waals surface area contributed by atoms with E-state index in [0.29, 0.717) is 13.1 Å². The summed E-state index contributed by atoms with van der Waals surface area (Å²) in [6, 6.07) is 7.72. The normalized spacial score (nSPS) is 9.67. The van der Waals surface area contributed by atoms with E-state index in [1.54, 1.807) is 7.11 Å². The Bertz CT molecular complexity index is 330. The van der Waals surface area contributed by atoms with Gasteiger partial charge in [0.15, 0.2) is 5.78 Å². The third-order valence-corrected chi connectivity index (χ3v) is 2.02. The molecule has 1 aromatic rings. The number of hydrogen-bond donors (Lipinski definition) is 1. The van der Waals surface area contributed by atoms with Crippen LogP contribution in [0.25, 0.3) is 0 Å². The lowest BCUT2D eigenvalue weighted by Crippen LogP contribution is -2.20. The fourth-order valence-corrected chi connectivity index (χ4v) is 1.15. The molecule has 0 unspecified atom stereocenters. The summed E-state index contributed by atoms with van der Waals surface area (Å²) in [5, 5.41) is 3.03. The van der Waals surface area contributed by atoms with Crippen LogP contribution in [0.5, 0.6) is 5.75 Å². The first-order valence-corrected chi connectivity index (χ1v) is 4.75. The van der Waals surface area contributed by atoms with Crippen molar-refractivity contribution in [2.45, 2.75) is 6.54 Å². The van der Waals surface area contributed by atoms with Gasteiger partial charge in [0.05, 0.1) is 13.7 Å². The van der Waals surface area contributed by atoms with Gasteiger partial charge in [-0.1, -0.05) is 18.7 Å². The smallest absolute Gasteiger partial charge is 0.168 e. The molecule has 0 atom stereocenters. The van der Waals surface area contributed by atoms with Crippen LogP contribution >= 0.6 is 0 Å². The maximum absolute atomic E-state index is 10.9. The molecular formula is C12H15NO2. The molecule has 0 heterocycles. The molecule has 3 heteroatoms. The first-order valence-electron chi connectivity index (χ1n) is 4.75. The van der Waals surface area contributed by atoms with Gasteiger partial charge in [0.25, 0.3) is 0 Å². The van der Waals surface area contributed by atoms with Crippen LogP contribution in [0.4, 0.5) is 0 Å². The molecule has 0 aliphatic rings. The van der Waals surface area contributed by atoms with E-state index in [1.807, 2.05) is 24.3 Å². The first-order chi connectivity index (χ1) is 7.26. The van der Waals surface area contributed by atoms with Gasteiger partial charge in [-0.3, -0.25) is 4.79 Å². The molecule has 0 radical (unpaired) electrons. The van der Waals surface area contributed by atoms with Gasteiger partial charge in [0, 0.05) is 6.54 Å². The lowest BCUT2D eigenvalue weighted by molar-refractivity contribution is -0.113. The fourth-order valence-electron chi connectivity index (χ4n) is 1.15. The van der Waals surface area contributed by atoms with E-state index in [-0.39, 0.29) is 5.78 Å². The highest BCUT2D eigenvalue weighted by Crippen LogP contribution is 2.10. The molecule has 1 aromatic carbocycles. The van der Waals surface area contributed by atoms with Gasteiger partial charge in [0.1, 0.15) is 5.75 Å². The van der Waals surface area contributed by atoms with Crippen LogP contribution in [0, 0.1) is 0 Å². The van der Waals surface area contributed by atoms with E-state index in [4.69, 9.17) is 4.74 Å². The second kappa shape index (κ2) is 5.98. The molecule has 0 fully saturated rings. The Balaban J connectivity index is 2.37. The average molecular weight is 205 g/mol. The van der Waals surface area contributed by atoms with Gasteiger partial charge in [-0.25, -0.2) is 0 Å². The summed E-state index contributed by atoms with van der Waals surface area (Å²) < 4.78 is 5.04. The SMILES string of the molecule is C=CC(=O)CNCc1ccc(OC)cc1. The van der Waals surface area contributed by atoms with Crippen molar-refractivity contribution in [2.75, 3.05) is 13.7 Å². The molecule has 15 heavy (non-hydrogen) atoms. The molecular weight excluding hydrogens is 190 g/mol. The molecule has 80 valence electrons. The number of ether oxygens (including phenoxy) is 1. The maximum atomic E-state index is 10.9. The standard InChI is InChI=1S/C12H15NO2/c1-3-11(14)9-13-8-10-4-6-12(15-2)7-5-10/h3-7,13H,1,8-9H2,2H3. The molecule has 0 aromatic heterocycles. The highest BCUT2D eigenvalue weighted by molar-refractivity contribution is 5.90. The van der Waals surface area contributed by atoms with Crippen molar-refractivity contribution >= 4 is 5.78 Å². The highest BCUT2D eigenvalue weighted by atomic mass is 16.5. The van der Waals surface area contributed by atoms with E-state index < -0.39 is 0 Å². The minimum atomic E-state index is 0.00325. The molecule has 0 bridgehead atoms. The largest absolute Gasteiger partial charge is 0.497 e. The fraction of sp³-hybridized carbons (Fsp3) is 0.250. The lowest BCUT2D eigenvalue weighted by Gasteiger charge is -2.04. The lowest BCUT2D eigenvalue weighted by atomic mass is 10.2. The van der Waals surface area contributed by atoms with Gasteiger partial charge in [0.2, 0.25) is 0 Å². The van der Waals surface area contributed by atoms with Crippen molar-refractivity contribution < 1.29 is 9.53 Å². The van der Waals surface area contributed by atoms with Gasteiger partial charge in [-0.2, -0.15) is 0 Å². The summed E-state index contributed by atoms with van der Waals surface area (Å²) in [6.07, 6.45) is 1.32. The van der Waals surface area contributed by atoms with Gasteiger partial charge in [-0.05, 0) is 23.8 Å². The maximum Gasteiger partial charge on any atom is 0.168 e. The molecule has 0 spiro atoms. The quantitative estimate of drug-likeness (QED) is 0.716. The Labute approximate surface area is 89.8 Å². The van der Waals surface area contributed by atoms with Crippen molar-refractivity contribution in [3.63, 3.8) is 0 Å².